The average Bonchev–Trinajstić information content (AvgIpc) is 3.22. The summed E-state index contributed by atoms with van der Waals surface area (Å²) in [5.74, 6) is 1.87. The Kier molecular flexibility index (Phi) is 6.67. The topological polar surface area (TPSA) is 45.5 Å². The van der Waals surface area contributed by atoms with Crippen molar-refractivity contribution in [2.75, 3.05) is 0 Å². The van der Waals surface area contributed by atoms with Gasteiger partial charge in [0.2, 0.25) is 11.8 Å². The predicted octanol–water partition coefficient (Wildman–Crippen LogP) is 7.13. The zero-order valence-electron chi connectivity index (χ0n) is 18.6. The second-order valence-corrected chi connectivity index (χ2v) is 8.40. The summed E-state index contributed by atoms with van der Waals surface area (Å²) in [6.07, 6.45) is 2.10. The molecule has 0 saturated heterocycles. The highest BCUT2D eigenvalue weighted by atomic mass is 127. The van der Waals surface area contributed by atoms with Crippen LogP contribution in [0.5, 0.6) is 17.5 Å². The third-order valence-electron chi connectivity index (χ3n) is 5.62. The normalized spacial score (nSPS) is 10.9. The monoisotopic (exact) mass is 562 g/mol. The lowest BCUT2D eigenvalue weighted by molar-refractivity contribution is 0.268. The van der Waals surface area contributed by atoms with Crippen LogP contribution in [0.25, 0.3) is 22.0 Å². The molecule has 6 heteroatoms. The highest BCUT2D eigenvalue weighted by Crippen LogP contribution is 2.38. The first-order chi connectivity index (χ1) is 16.7. The molecule has 0 radical (unpaired) electrons. The van der Waals surface area contributed by atoms with Crippen LogP contribution in [0.3, 0.4) is 0 Å². The second-order valence-electron chi connectivity index (χ2n) is 7.96. The average molecular weight is 562 g/mol. The first kappa shape index (κ1) is 22.3. The van der Waals surface area contributed by atoms with Crippen molar-refractivity contribution >= 4 is 33.9 Å². The van der Waals surface area contributed by atoms with Crippen LogP contribution in [-0.2, 0) is 20.3 Å². The molecule has 2 heterocycles. The number of pyridine rings is 1. The lowest BCUT2D eigenvalue weighted by Crippen LogP contribution is -2.02. The molecule has 0 N–H and O–H groups in total. The molecule has 0 atom stereocenters. The minimum absolute atomic E-state index is 0.417. The van der Waals surface area contributed by atoms with Gasteiger partial charge >= 0.3 is 0 Å². The zero-order chi connectivity index (χ0) is 23.3. The maximum absolute atomic E-state index is 6.25. The number of rotatable bonds is 8. The van der Waals surface area contributed by atoms with Crippen LogP contribution in [-0.4, -0.2) is 9.55 Å². The molecule has 0 aliphatic rings. The molecule has 170 valence electrons. The van der Waals surface area contributed by atoms with Gasteiger partial charge in [-0.3, -0.25) is 0 Å². The molecule has 0 fully saturated rings. The molecule has 5 aromatic rings. The Labute approximate surface area is 212 Å². The number of halogens is 1. The van der Waals surface area contributed by atoms with Crippen LogP contribution in [0.1, 0.15) is 11.1 Å². The van der Waals surface area contributed by atoms with Crippen LogP contribution in [0.15, 0.2) is 97.2 Å². The zero-order valence-corrected chi connectivity index (χ0v) is 20.8. The number of hydrogen-bond acceptors (Lipinski definition) is 4. The van der Waals surface area contributed by atoms with Crippen molar-refractivity contribution < 1.29 is 12.5 Å². The van der Waals surface area contributed by atoms with Crippen LogP contribution in [0, 0.1) is 0 Å². The Morgan fingerprint density at radius 1 is 0.765 bits per heavy atom. The van der Waals surface area contributed by atoms with Gasteiger partial charge in [-0.1, -0.05) is 60.7 Å². The standard InChI is InChI=1S/C28H23IN2O3/c1-31-17-25(23-13-12-22(34-29)16-26(23)31)24-14-15-27(32-18-20-8-4-2-5-9-20)30-28(24)33-19-21-10-6-3-7-11-21/h2-17H,18-19H2,1H3. The largest absolute Gasteiger partial charge is 0.473 e. The van der Waals surface area contributed by atoms with Crippen LogP contribution in [0.2, 0.25) is 0 Å². The smallest absolute Gasteiger partial charge is 0.225 e. The minimum Gasteiger partial charge on any atom is -0.473 e. The Morgan fingerprint density at radius 3 is 2.12 bits per heavy atom. The first-order valence-electron chi connectivity index (χ1n) is 10.9. The Bertz CT molecular complexity index is 1400. The summed E-state index contributed by atoms with van der Waals surface area (Å²) in [4.78, 5) is 4.75. The Morgan fingerprint density at radius 2 is 1.44 bits per heavy atom. The molecule has 0 spiro atoms. The van der Waals surface area contributed by atoms with Gasteiger partial charge in [0.15, 0.2) is 23.0 Å². The number of hydrogen-bond donors (Lipinski definition) is 0. The maximum atomic E-state index is 6.25. The summed E-state index contributed by atoms with van der Waals surface area (Å²) >= 11 is 1.90. The van der Waals surface area contributed by atoms with E-state index in [0.717, 1.165) is 38.9 Å². The van der Waals surface area contributed by atoms with Gasteiger partial charge in [-0.25, -0.2) is 0 Å². The molecule has 0 bridgehead atoms. The fourth-order valence-corrected chi connectivity index (χ4v) is 4.18. The lowest BCUT2D eigenvalue weighted by atomic mass is 10.1. The van der Waals surface area contributed by atoms with Gasteiger partial charge in [0.1, 0.15) is 19.0 Å². The third-order valence-corrected chi connectivity index (χ3v) is 6.13. The van der Waals surface area contributed by atoms with E-state index in [2.05, 4.69) is 16.8 Å². The van der Waals surface area contributed by atoms with Gasteiger partial charge in [0.05, 0.1) is 5.52 Å². The number of ether oxygens (including phenoxy) is 2. The Balaban J connectivity index is 1.51. The minimum atomic E-state index is 0.417. The molecule has 3 aromatic carbocycles. The van der Waals surface area contributed by atoms with Crippen molar-refractivity contribution in [3.8, 4) is 28.6 Å². The molecular weight excluding hydrogens is 539 g/mol. The summed E-state index contributed by atoms with van der Waals surface area (Å²) in [6, 6.07) is 30.1. The fraction of sp³-hybridized carbons (Fsp3) is 0.107. The van der Waals surface area contributed by atoms with Crippen molar-refractivity contribution in [1.82, 2.24) is 9.55 Å². The third kappa shape index (κ3) is 4.87. The van der Waals surface area contributed by atoms with Crippen molar-refractivity contribution in [2.24, 2.45) is 7.05 Å². The molecule has 0 saturated carbocycles. The van der Waals surface area contributed by atoms with Crippen LogP contribution in [0.4, 0.5) is 0 Å². The van der Waals surface area contributed by atoms with Crippen molar-refractivity contribution in [3.63, 3.8) is 0 Å². The van der Waals surface area contributed by atoms with E-state index < -0.39 is 0 Å². The van der Waals surface area contributed by atoms with E-state index in [1.54, 1.807) is 0 Å². The van der Waals surface area contributed by atoms with Gasteiger partial charge in [0, 0.05) is 41.9 Å². The van der Waals surface area contributed by atoms with Gasteiger partial charge in [-0.2, -0.15) is 4.98 Å². The lowest BCUT2D eigenvalue weighted by Gasteiger charge is -2.13. The van der Waals surface area contributed by atoms with E-state index in [4.69, 9.17) is 17.5 Å². The van der Waals surface area contributed by atoms with Crippen molar-refractivity contribution in [1.29, 1.82) is 0 Å². The molecule has 0 aliphatic heterocycles. The predicted molar refractivity (Wildman–Crippen MR) is 142 cm³/mol. The van der Waals surface area contributed by atoms with Gasteiger partial charge in [0.25, 0.3) is 0 Å². The molecule has 0 amide bonds. The fourth-order valence-electron chi connectivity index (χ4n) is 3.90. The molecular formula is C28H23IN2O3. The summed E-state index contributed by atoms with van der Waals surface area (Å²) in [6.45, 7) is 0.860. The highest BCUT2D eigenvalue weighted by molar-refractivity contribution is 14.1. The maximum Gasteiger partial charge on any atom is 0.225 e. The van der Waals surface area contributed by atoms with E-state index in [1.165, 1.54) is 0 Å². The quantitative estimate of drug-likeness (QED) is 0.189. The molecule has 5 rings (SSSR count). The van der Waals surface area contributed by atoms with Crippen LogP contribution < -0.4 is 12.5 Å². The second kappa shape index (κ2) is 10.2. The molecule has 5 nitrogen and oxygen atoms in total. The van der Waals surface area contributed by atoms with Crippen molar-refractivity contribution in [3.05, 3.63) is 108 Å². The van der Waals surface area contributed by atoms with Gasteiger partial charge in [-0.15, -0.1) is 0 Å². The van der Waals surface area contributed by atoms with Crippen LogP contribution >= 0.6 is 23.0 Å². The van der Waals surface area contributed by atoms with E-state index in [0.29, 0.717) is 25.0 Å². The van der Waals surface area contributed by atoms with E-state index >= 15 is 0 Å². The Hall–Kier alpha value is -3.52. The molecule has 0 unspecified atom stereocenters. The van der Waals surface area contributed by atoms with E-state index in [9.17, 15) is 0 Å². The van der Waals surface area contributed by atoms with E-state index in [-0.39, 0.29) is 0 Å². The van der Waals surface area contributed by atoms with E-state index in [1.807, 2.05) is 115 Å². The molecule has 2 aromatic heterocycles. The summed E-state index contributed by atoms with van der Waals surface area (Å²) in [5, 5.41) is 1.10. The number of nitrogens with zero attached hydrogens (tertiary/aromatic N) is 2. The SMILES string of the molecule is Cn1cc(-c2ccc(OCc3ccccc3)nc2OCc2ccccc2)c2ccc(OI)cc21. The number of fused-ring (bicyclic) bond motifs is 1. The first-order valence-corrected chi connectivity index (χ1v) is 11.8. The van der Waals surface area contributed by atoms with Crippen molar-refractivity contribution in [2.45, 2.75) is 13.2 Å². The summed E-state index contributed by atoms with van der Waals surface area (Å²) in [5.41, 5.74) is 5.19. The summed E-state index contributed by atoms with van der Waals surface area (Å²) < 4.78 is 19.7. The molecule has 0 aliphatic carbocycles. The number of aromatic nitrogens is 2. The highest BCUT2D eigenvalue weighted by Gasteiger charge is 2.17. The number of benzene rings is 3. The van der Waals surface area contributed by atoms with Gasteiger partial charge < -0.3 is 17.1 Å². The number of aryl methyl sites for hydroxylation is 1. The molecule has 34 heavy (non-hydrogen) atoms. The summed E-state index contributed by atoms with van der Waals surface area (Å²) in [7, 11) is 2.03. The van der Waals surface area contributed by atoms with Gasteiger partial charge in [-0.05, 0) is 29.3 Å².